The van der Waals surface area contributed by atoms with Gasteiger partial charge in [0.1, 0.15) is 6.10 Å². The molecule has 0 aromatic heterocycles. The van der Waals surface area contributed by atoms with Crippen molar-refractivity contribution in [1.82, 2.24) is 0 Å². The fourth-order valence-corrected chi connectivity index (χ4v) is 10.8. The first kappa shape index (κ1) is 23.9. The van der Waals surface area contributed by atoms with E-state index in [2.05, 4.69) is 41.2 Å². The van der Waals surface area contributed by atoms with Crippen LogP contribution in [-0.4, -0.2) is 12.1 Å². The van der Waals surface area contributed by atoms with E-state index in [0.717, 1.165) is 36.5 Å². The number of esters is 1. The highest BCUT2D eigenvalue weighted by Gasteiger charge is 2.80. The van der Waals surface area contributed by atoms with E-state index in [9.17, 15) is 4.79 Å². The van der Waals surface area contributed by atoms with E-state index in [1.54, 1.807) is 6.92 Å². The van der Waals surface area contributed by atoms with Crippen molar-refractivity contribution in [2.24, 2.45) is 51.2 Å². The zero-order chi connectivity index (χ0) is 23.8. The van der Waals surface area contributed by atoms with Gasteiger partial charge in [-0.1, -0.05) is 46.8 Å². The summed E-state index contributed by atoms with van der Waals surface area (Å²) in [5, 5.41) is 0. The highest BCUT2D eigenvalue weighted by Crippen LogP contribution is 2.87. The van der Waals surface area contributed by atoms with Crippen LogP contribution in [0.1, 0.15) is 119 Å². The van der Waals surface area contributed by atoms with Gasteiger partial charge < -0.3 is 4.74 Å². The summed E-state index contributed by atoms with van der Waals surface area (Å²) in [6, 6.07) is 0. The van der Waals surface area contributed by atoms with Crippen molar-refractivity contribution < 1.29 is 9.53 Å². The van der Waals surface area contributed by atoms with Gasteiger partial charge in [0.25, 0.3) is 0 Å². The van der Waals surface area contributed by atoms with Gasteiger partial charge in [-0.3, -0.25) is 4.79 Å². The maximum atomic E-state index is 11.6. The second-order valence-corrected chi connectivity index (χ2v) is 14.1. The van der Waals surface area contributed by atoms with E-state index in [-0.39, 0.29) is 12.1 Å². The second-order valence-electron chi connectivity index (χ2n) is 14.1. The molecule has 0 bridgehead atoms. The van der Waals surface area contributed by atoms with Gasteiger partial charge in [0, 0.05) is 6.92 Å². The Morgan fingerprint density at radius 1 is 0.970 bits per heavy atom. The van der Waals surface area contributed by atoms with Crippen molar-refractivity contribution >= 4 is 5.97 Å². The number of rotatable bonds is 6. The lowest BCUT2D eigenvalue weighted by molar-refractivity contribution is -0.156. The highest BCUT2D eigenvalue weighted by atomic mass is 16.5. The Kier molecular flexibility index (Phi) is 5.70. The number of carbonyl (C=O) groups excluding carboxylic acids is 1. The Morgan fingerprint density at radius 3 is 2.42 bits per heavy atom. The lowest BCUT2D eigenvalue weighted by Gasteiger charge is -2.61. The molecule has 2 spiro atoms. The van der Waals surface area contributed by atoms with Crippen molar-refractivity contribution in [3.05, 3.63) is 12.2 Å². The van der Waals surface area contributed by atoms with Gasteiger partial charge in [-0.15, -0.1) is 0 Å². The third-order valence-electron chi connectivity index (χ3n) is 12.9. The lowest BCUT2D eigenvalue weighted by Crippen LogP contribution is -2.55. The molecular formula is C31H50O2. The van der Waals surface area contributed by atoms with E-state index in [1.165, 1.54) is 69.8 Å². The first-order chi connectivity index (χ1) is 15.5. The summed E-state index contributed by atoms with van der Waals surface area (Å²) in [5.74, 6) is 3.95. The van der Waals surface area contributed by atoms with Gasteiger partial charge in [-0.2, -0.15) is 0 Å². The summed E-state index contributed by atoms with van der Waals surface area (Å²) in [6.45, 7) is 18.5. The first-order valence-corrected chi connectivity index (χ1v) is 14.3. The fraction of sp³-hybridized carbons (Fsp3) is 0.903. The minimum atomic E-state index is -0.0841. The molecule has 2 heteroatoms. The number of carbonyl (C=O) groups is 1. The first-order valence-electron chi connectivity index (χ1n) is 14.3. The van der Waals surface area contributed by atoms with Crippen molar-refractivity contribution in [3.63, 3.8) is 0 Å². The SMILES string of the molecule is C=C(CC[C@@H](C)[C@H]1CC[C@@]2(C)[C@H]3CC[C@@H]4C[C@@H](OC(C)=O)CC[C@]45C[C@]35CC[C@]12C)C(C)C. The predicted octanol–water partition coefficient (Wildman–Crippen LogP) is 8.35. The molecule has 9 atom stereocenters. The molecule has 0 N–H and O–H groups in total. The minimum absolute atomic E-state index is 0.0841. The summed E-state index contributed by atoms with van der Waals surface area (Å²) < 4.78 is 5.69. The molecular weight excluding hydrogens is 404 g/mol. The van der Waals surface area contributed by atoms with Crippen LogP contribution >= 0.6 is 0 Å². The molecule has 0 aromatic carbocycles. The zero-order valence-corrected chi connectivity index (χ0v) is 22.5. The summed E-state index contributed by atoms with van der Waals surface area (Å²) >= 11 is 0. The molecule has 0 saturated heterocycles. The maximum Gasteiger partial charge on any atom is 0.302 e. The molecule has 5 aliphatic rings. The van der Waals surface area contributed by atoms with Gasteiger partial charge >= 0.3 is 5.97 Å². The Hall–Kier alpha value is -0.790. The third kappa shape index (κ3) is 3.27. The number of hydrogen-bond donors (Lipinski definition) is 0. The number of ether oxygens (including phenoxy) is 1. The fourth-order valence-electron chi connectivity index (χ4n) is 10.8. The smallest absolute Gasteiger partial charge is 0.302 e. The molecule has 2 nitrogen and oxygen atoms in total. The van der Waals surface area contributed by atoms with Crippen LogP contribution in [0, 0.1) is 51.2 Å². The summed E-state index contributed by atoms with van der Waals surface area (Å²) in [4.78, 5) is 11.6. The Bertz CT molecular complexity index is 814. The van der Waals surface area contributed by atoms with Gasteiger partial charge in [0.2, 0.25) is 0 Å². The highest BCUT2D eigenvalue weighted by molar-refractivity contribution is 5.66. The Morgan fingerprint density at radius 2 is 1.73 bits per heavy atom. The predicted molar refractivity (Wildman–Crippen MR) is 136 cm³/mol. The standard InChI is InChI=1S/C31H50O2/c1-20(2)21(3)8-9-22(4)26-13-14-29(7)27-11-10-24-18-25(33-23(5)32)12-15-30(24)19-31(27,30)17-16-28(26,29)6/h20,22,24-27H,3,8-19H2,1-2,4-7H3/t22-,24-,25+,26-,27-,28-,29+,30+,31-/m1/s1. The molecule has 5 aliphatic carbocycles. The summed E-state index contributed by atoms with van der Waals surface area (Å²) in [5.41, 5.74) is 3.68. The number of hydrogen-bond acceptors (Lipinski definition) is 2. The molecule has 5 rings (SSSR count). The number of allylic oxidation sites excluding steroid dienone is 1. The van der Waals surface area contributed by atoms with Crippen molar-refractivity contribution in [3.8, 4) is 0 Å². The Balaban J connectivity index is 1.32. The molecule has 0 amide bonds. The average Bonchev–Trinajstić information content (AvgIpc) is 3.33. The van der Waals surface area contributed by atoms with Crippen LogP contribution in [0.3, 0.4) is 0 Å². The molecule has 0 aromatic rings. The number of fused-ring (bicyclic) bond motifs is 2. The van der Waals surface area contributed by atoms with E-state index >= 15 is 0 Å². The van der Waals surface area contributed by atoms with Crippen LogP contribution in [0.2, 0.25) is 0 Å². The molecule has 5 fully saturated rings. The van der Waals surface area contributed by atoms with Crippen LogP contribution in [0.25, 0.3) is 0 Å². The van der Waals surface area contributed by atoms with Gasteiger partial charge in [-0.05, 0) is 128 Å². The van der Waals surface area contributed by atoms with E-state index in [1.807, 2.05) is 0 Å². The largest absolute Gasteiger partial charge is 0.463 e. The van der Waals surface area contributed by atoms with Crippen LogP contribution < -0.4 is 0 Å². The lowest BCUT2D eigenvalue weighted by atomic mass is 9.43. The maximum absolute atomic E-state index is 11.6. The summed E-state index contributed by atoms with van der Waals surface area (Å²) in [6.07, 6.45) is 16.4. The van der Waals surface area contributed by atoms with E-state index < -0.39 is 0 Å². The molecule has 5 saturated carbocycles. The van der Waals surface area contributed by atoms with Crippen molar-refractivity contribution in [2.45, 2.75) is 125 Å². The Labute approximate surface area is 203 Å². The van der Waals surface area contributed by atoms with Gasteiger partial charge in [0.15, 0.2) is 0 Å². The monoisotopic (exact) mass is 454 g/mol. The van der Waals surface area contributed by atoms with Gasteiger partial charge in [0.05, 0.1) is 0 Å². The van der Waals surface area contributed by atoms with Crippen LogP contribution in [0.4, 0.5) is 0 Å². The molecule has 0 radical (unpaired) electrons. The summed E-state index contributed by atoms with van der Waals surface area (Å²) in [7, 11) is 0. The van der Waals surface area contributed by atoms with Crippen molar-refractivity contribution in [1.29, 1.82) is 0 Å². The van der Waals surface area contributed by atoms with Crippen molar-refractivity contribution in [2.75, 3.05) is 0 Å². The topological polar surface area (TPSA) is 26.3 Å². The molecule has 0 aliphatic heterocycles. The van der Waals surface area contributed by atoms with Crippen LogP contribution in [-0.2, 0) is 9.53 Å². The average molecular weight is 455 g/mol. The quantitative estimate of drug-likeness (QED) is 0.298. The third-order valence-corrected chi connectivity index (χ3v) is 12.9. The van der Waals surface area contributed by atoms with Crippen LogP contribution in [0.15, 0.2) is 12.2 Å². The van der Waals surface area contributed by atoms with E-state index in [4.69, 9.17) is 4.74 Å². The minimum Gasteiger partial charge on any atom is -0.463 e. The second kappa shape index (κ2) is 7.86. The molecule has 0 unspecified atom stereocenters. The van der Waals surface area contributed by atoms with Gasteiger partial charge in [-0.25, -0.2) is 0 Å². The van der Waals surface area contributed by atoms with E-state index in [0.29, 0.717) is 27.6 Å². The molecule has 33 heavy (non-hydrogen) atoms. The zero-order valence-electron chi connectivity index (χ0n) is 22.5. The van der Waals surface area contributed by atoms with Crippen LogP contribution in [0.5, 0.6) is 0 Å². The molecule has 0 heterocycles. The normalized spacial score (nSPS) is 48.8. The molecule has 186 valence electrons.